The van der Waals surface area contributed by atoms with E-state index in [0.717, 1.165) is 0 Å². The predicted octanol–water partition coefficient (Wildman–Crippen LogP) is 5.20. The number of ketones is 2. The second-order valence-electron chi connectivity index (χ2n) is 10.5. The Labute approximate surface area is 195 Å². The SMILES string of the molecule is COc1cc(C(C2=C(O)CC(C)(C)CC2=O)C2=C(O)CC(C)(C)CC2=O)cc(OC)c1OC. The molecule has 180 valence electrons. The summed E-state index contributed by atoms with van der Waals surface area (Å²) in [5.41, 5.74) is -0.0379. The van der Waals surface area contributed by atoms with E-state index < -0.39 is 16.7 Å². The van der Waals surface area contributed by atoms with Gasteiger partial charge in [-0.25, -0.2) is 0 Å². The molecule has 1 aromatic rings. The summed E-state index contributed by atoms with van der Waals surface area (Å²) in [7, 11) is 4.44. The number of aliphatic hydroxyl groups excluding tert-OH is 2. The van der Waals surface area contributed by atoms with Crippen molar-refractivity contribution in [3.05, 3.63) is 40.4 Å². The molecule has 0 saturated heterocycles. The lowest BCUT2D eigenvalue weighted by Gasteiger charge is -2.36. The van der Waals surface area contributed by atoms with Gasteiger partial charge in [-0.05, 0) is 28.5 Å². The fraction of sp³-hybridized carbons (Fsp3) is 0.538. The number of carbonyl (C=O) groups is 2. The Morgan fingerprint density at radius 1 is 0.727 bits per heavy atom. The van der Waals surface area contributed by atoms with Crippen LogP contribution in [0.2, 0.25) is 0 Å². The van der Waals surface area contributed by atoms with E-state index in [1.54, 1.807) is 12.1 Å². The highest BCUT2D eigenvalue weighted by atomic mass is 16.5. The van der Waals surface area contributed by atoms with Crippen molar-refractivity contribution in [3.8, 4) is 17.2 Å². The summed E-state index contributed by atoms with van der Waals surface area (Å²) in [6.07, 6.45) is 1.04. The third-order valence-electron chi connectivity index (χ3n) is 6.39. The quantitative estimate of drug-likeness (QED) is 0.604. The van der Waals surface area contributed by atoms with Gasteiger partial charge in [0.25, 0.3) is 0 Å². The molecular weight excluding hydrogens is 424 g/mol. The molecule has 2 N–H and O–H groups in total. The molecule has 0 amide bonds. The second-order valence-corrected chi connectivity index (χ2v) is 10.5. The number of aliphatic hydroxyl groups is 2. The summed E-state index contributed by atoms with van der Waals surface area (Å²) in [5.74, 6) is -0.507. The first-order valence-electron chi connectivity index (χ1n) is 11.0. The number of Topliss-reactive ketones (excluding diaryl/α,β-unsaturated/α-hetero) is 2. The molecule has 33 heavy (non-hydrogen) atoms. The first kappa shape index (κ1) is 24.7. The normalized spacial score (nSPS) is 20.4. The first-order chi connectivity index (χ1) is 15.3. The first-order valence-corrected chi connectivity index (χ1v) is 11.0. The topological polar surface area (TPSA) is 102 Å². The number of hydrogen-bond donors (Lipinski definition) is 2. The van der Waals surface area contributed by atoms with Crippen molar-refractivity contribution >= 4 is 11.6 Å². The largest absolute Gasteiger partial charge is 0.512 e. The summed E-state index contributed by atoms with van der Waals surface area (Å²) in [6.45, 7) is 7.66. The molecule has 0 spiro atoms. The van der Waals surface area contributed by atoms with Crippen LogP contribution >= 0.6 is 0 Å². The van der Waals surface area contributed by atoms with Crippen LogP contribution in [0.5, 0.6) is 17.2 Å². The van der Waals surface area contributed by atoms with Crippen LogP contribution in [0.25, 0.3) is 0 Å². The maximum absolute atomic E-state index is 13.3. The number of ether oxygens (including phenoxy) is 3. The molecule has 0 bridgehead atoms. The van der Waals surface area contributed by atoms with Crippen LogP contribution in [0, 0.1) is 10.8 Å². The second kappa shape index (κ2) is 8.76. The smallest absolute Gasteiger partial charge is 0.203 e. The van der Waals surface area contributed by atoms with E-state index in [9.17, 15) is 19.8 Å². The minimum atomic E-state index is -0.953. The Hall–Kier alpha value is -2.96. The van der Waals surface area contributed by atoms with Crippen LogP contribution in [0.4, 0.5) is 0 Å². The highest BCUT2D eigenvalue weighted by Gasteiger charge is 2.44. The van der Waals surface area contributed by atoms with Crippen LogP contribution in [0.3, 0.4) is 0 Å². The van der Waals surface area contributed by atoms with E-state index in [2.05, 4.69) is 0 Å². The van der Waals surface area contributed by atoms with Gasteiger partial charge < -0.3 is 24.4 Å². The van der Waals surface area contributed by atoms with Gasteiger partial charge in [0.1, 0.15) is 11.5 Å². The van der Waals surface area contributed by atoms with Crippen molar-refractivity contribution in [3.63, 3.8) is 0 Å². The highest BCUT2D eigenvalue weighted by Crippen LogP contribution is 2.50. The van der Waals surface area contributed by atoms with Crippen molar-refractivity contribution in [2.24, 2.45) is 10.8 Å². The van der Waals surface area contributed by atoms with E-state index in [1.807, 2.05) is 27.7 Å². The summed E-state index contributed by atoms with van der Waals surface area (Å²) < 4.78 is 16.4. The highest BCUT2D eigenvalue weighted by molar-refractivity contribution is 6.05. The molecule has 0 fully saturated rings. The zero-order chi connectivity index (χ0) is 24.7. The predicted molar refractivity (Wildman–Crippen MR) is 124 cm³/mol. The molecule has 2 aliphatic rings. The molecule has 0 aliphatic heterocycles. The average molecular weight is 459 g/mol. The van der Waals surface area contributed by atoms with Gasteiger partial charge in [-0.2, -0.15) is 0 Å². The molecular formula is C26H34O7. The Bertz CT molecular complexity index is 966. The van der Waals surface area contributed by atoms with E-state index in [1.165, 1.54) is 21.3 Å². The molecule has 0 saturated carbocycles. The van der Waals surface area contributed by atoms with Gasteiger partial charge in [-0.3, -0.25) is 9.59 Å². The minimum absolute atomic E-state index is 0.0621. The summed E-state index contributed by atoms with van der Waals surface area (Å²) in [6, 6.07) is 3.32. The van der Waals surface area contributed by atoms with Crippen LogP contribution in [0.1, 0.15) is 64.9 Å². The number of benzene rings is 1. The molecule has 0 radical (unpaired) electrons. The number of carbonyl (C=O) groups excluding carboxylic acids is 2. The fourth-order valence-corrected chi connectivity index (χ4v) is 5.00. The Kier molecular flexibility index (Phi) is 6.55. The minimum Gasteiger partial charge on any atom is -0.512 e. The molecule has 2 aliphatic carbocycles. The Morgan fingerprint density at radius 2 is 1.12 bits per heavy atom. The van der Waals surface area contributed by atoms with Crippen molar-refractivity contribution in [1.29, 1.82) is 0 Å². The van der Waals surface area contributed by atoms with E-state index in [0.29, 0.717) is 35.7 Å². The van der Waals surface area contributed by atoms with Crippen molar-refractivity contribution < 1.29 is 34.0 Å². The monoisotopic (exact) mass is 458 g/mol. The third kappa shape index (κ3) is 4.72. The number of methoxy groups -OCH3 is 3. The Balaban J connectivity index is 2.33. The lowest BCUT2D eigenvalue weighted by atomic mass is 9.67. The van der Waals surface area contributed by atoms with Crippen molar-refractivity contribution in [2.45, 2.75) is 59.3 Å². The van der Waals surface area contributed by atoms with E-state index in [-0.39, 0.29) is 47.1 Å². The molecule has 1 aromatic carbocycles. The van der Waals surface area contributed by atoms with Crippen LogP contribution in [-0.4, -0.2) is 43.1 Å². The van der Waals surface area contributed by atoms with Gasteiger partial charge in [0.2, 0.25) is 5.75 Å². The summed E-state index contributed by atoms with van der Waals surface area (Å²) in [4.78, 5) is 26.7. The molecule has 7 heteroatoms. The molecule has 0 unspecified atom stereocenters. The average Bonchev–Trinajstić information content (AvgIpc) is 2.68. The molecule has 7 nitrogen and oxygen atoms in total. The lowest BCUT2D eigenvalue weighted by Crippen LogP contribution is -2.33. The van der Waals surface area contributed by atoms with Crippen LogP contribution < -0.4 is 14.2 Å². The van der Waals surface area contributed by atoms with Crippen molar-refractivity contribution in [1.82, 2.24) is 0 Å². The van der Waals surface area contributed by atoms with Gasteiger partial charge in [-0.1, -0.05) is 27.7 Å². The van der Waals surface area contributed by atoms with Crippen LogP contribution in [0.15, 0.2) is 34.8 Å². The lowest BCUT2D eigenvalue weighted by molar-refractivity contribution is -0.119. The zero-order valence-corrected chi connectivity index (χ0v) is 20.5. The summed E-state index contributed by atoms with van der Waals surface area (Å²) in [5, 5.41) is 22.0. The molecule has 3 rings (SSSR count). The van der Waals surface area contributed by atoms with Gasteiger partial charge in [0.15, 0.2) is 23.1 Å². The molecule has 0 heterocycles. The Morgan fingerprint density at radius 3 is 1.42 bits per heavy atom. The molecule has 0 aromatic heterocycles. The van der Waals surface area contributed by atoms with E-state index >= 15 is 0 Å². The fourth-order valence-electron chi connectivity index (χ4n) is 5.00. The summed E-state index contributed by atoms with van der Waals surface area (Å²) >= 11 is 0. The van der Waals surface area contributed by atoms with Crippen molar-refractivity contribution in [2.75, 3.05) is 21.3 Å². The zero-order valence-electron chi connectivity index (χ0n) is 20.5. The van der Waals surface area contributed by atoms with Gasteiger partial charge >= 0.3 is 0 Å². The van der Waals surface area contributed by atoms with Gasteiger partial charge in [0, 0.05) is 42.7 Å². The number of hydrogen-bond acceptors (Lipinski definition) is 7. The molecule has 0 atom stereocenters. The number of rotatable bonds is 6. The van der Waals surface area contributed by atoms with E-state index in [4.69, 9.17) is 14.2 Å². The maximum Gasteiger partial charge on any atom is 0.203 e. The van der Waals surface area contributed by atoms with Gasteiger partial charge in [0.05, 0.1) is 21.3 Å². The number of allylic oxidation sites excluding steroid dienone is 4. The standard InChI is InChI=1S/C26H34O7/c1-25(2)10-15(27)22(16(28)11-25)21(23-17(29)12-26(3,4)13-18(23)30)14-8-19(31-5)24(33-7)20(9-14)32-6/h8-9,21,27,29H,10-13H2,1-7H3. The maximum atomic E-state index is 13.3. The third-order valence-corrected chi connectivity index (χ3v) is 6.39. The van der Waals surface area contributed by atoms with Gasteiger partial charge in [-0.15, -0.1) is 0 Å². The van der Waals surface area contributed by atoms with Crippen LogP contribution in [-0.2, 0) is 9.59 Å².